The monoisotopic (exact) mass is 194 g/mol. The molecule has 1 aromatic rings. The van der Waals surface area contributed by atoms with Crippen LogP contribution in [-0.2, 0) is 12.0 Å². The molecule has 0 bridgehead atoms. The summed E-state index contributed by atoms with van der Waals surface area (Å²) in [5.41, 5.74) is 1.10. The largest absolute Gasteiger partial charge is 0.470 e. The van der Waals surface area contributed by atoms with E-state index in [9.17, 15) is 0 Å². The van der Waals surface area contributed by atoms with Crippen molar-refractivity contribution in [3.8, 4) is 5.88 Å². The highest BCUT2D eigenvalue weighted by Gasteiger charge is 2.33. The van der Waals surface area contributed by atoms with Crippen molar-refractivity contribution in [2.45, 2.75) is 52.2 Å². The second kappa shape index (κ2) is 2.53. The average Bonchev–Trinajstić information content (AvgIpc) is 2.37. The number of nitrogens with zero attached hydrogens (tertiary/aromatic N) is 2. The molecule has 1 aliphatic heterocycles. The van der Waals surface area contributed by atoms with Gasteiger partial charge in [0.05, 0.1) is 12.2 Å². The molecule has 3 heteroatoms. The van der Waals surface area contributed by atoms with Gasteiger partial charge in [0, 0.05) is 11.5 Å². The topological polar surface area (TPSA) is 27.1 Å². The highest BCUT2D eigenvalue weighted by Crippen LogP contribution is 2.32. The third kappa shape index (κ3) is 1.51. The van der Waals surface area contributed by atoms with Gasteiger partial charge in [-0.25, -0.2) is 4.68 Å². The molecule has 0 spiro atoms. The van der Waals surface area contributed by atoms with Crippen molar-refractivity contribution in [2.24, 2.45) is 0 Å². The fraction of sp³-hybridized carbons (Fsp3) is 0.727. The van der Waals surface area contributed by atoms with E-state index in [1.54, 1.807) is 0 Å². The standard InChI is InChI=1S/C11H18N2O/c1-10(2,3)8-6-9-13(12-8)7-11(4,5)14-9/h6H,7H2,1-5H3. The Hall–Kier alpha value is -0.990. The van der Waals surface area contributed by atoms with E-state index in [4.69, 9.17) is 4.74 Å². The number of fused-ring (bicyclic) bond motifs is 1. The summed E-state index contributed by atoms with van der Waals surface area (Å²) in [6.07, 6.45) is 0. The van der Waals surface area contributed by atoms with Crippen LogP contribution in [0.4, 0.5) is 0 Å². The predicted molar refractivity (Wildman–Crippen MR) is 55.6 cm³/mol. The van der Waals surface area contributed by atoms with Crippen LogP contribution in [0.2, 0.25) is 0 Å². The van der Waals surface area contributed by atoms with E-state index >= 15 is 0 Å². The van der Waals surface area contributed by atoms with E-state index in [1.807, 2.05) is 4.68 Å². The molecule has 0 amide bonds. The summed E-state index contributed by atoms with van der Waals surface area (Å²) in [5, 5.41) is 4.55. The Bertz CT molecular complexity index is 332. The van der Waals surface area contributed by atoms with Gasteiger partial charge in [-0.15, -0.1) is 0 Å². The van der Waals surface area contributed by atoms with Gasteiger partial charge in [-0.3, -0.25) is 0 Å². The lowest BCUT2D eigenvalue weighted by Crippen LogP contribution is -2.27. The molecule has 1 aromatic heterocycles. The molecule has 78 valence electrons. The van der Waals surface area contributed by atoms with Gasteiger partial charge in [0.1, 0.15) is 5.60 Å². The Kier molecular flexibility index (Phi) is 1.72. The Morgan fingerprint density at radius 2 is 2.07 bits per heavy atom. The van der Waals surface area contributed by atoms with Gasteiger partial charge >= 0.3 is 0 Å². The first kappa shape index (κ1) is 9.56. The van der Waals surface area contributed by atoms with Crippen molar-refractivity contribution in [1.82, 2.24) is 9.78 Å². The number of aromatic nitrogens is 2. The zero-order valence-electron chi connectivity index (χ0n) is 9.59. The van der Waals surface area contributed by atoms with Gasteiger partial charge in [-0.1, -0.05) is 20.8 Å². The second-order valence-electron chi connectivity index (χ2n) is 5.64. The van der Waals surface area contributed by atoms with Crippen molar-refractivity contribution in [3.63, 3.8) is 0 Å². The summed E-state index contributed by atoms with van der Waals surface area (Å²) in [6.45, 7) is 11.5. The average molecular weight is 194 g/mol. The molecule has 0 atom stereocenters. The SMILES string of the molecule is CC1(C)Cn2nc(C(C)(C)C)cc2O1. The molecule has 2 heterocycles. The first-order valence-electron chi connectivity index (χ1n) is 5.05. The van der Waals surface area contributed by atoms with Crippen LogP contribution in [-0.4, -0.2) is 15.4 Å². The summed E-state index contributed by atoms with van der Waals surface area (Å²) in [6, 6.07) is 2.05. The Morgan fingerprint density at radius 3 is 2.57 bits per heavy atom. The molecule has 0 saturated heterocycles. The third-order valence-corrected chi connectivity index (χ3v) is 2.42. The fourth-order valence-electron chi connectivity index (χ4n) is 1.64. The molecule has 0 radical (unpaired) electrons. The van der Waals surface area contributed by atoms with E-state index in [1.165, 1.54) is 0 Å². The van der Waals surface area contributed by atoms with Crippen LogP contribution in [0.1, 0.15) is 40.3 Å². The Morgan fingerprint density at radius 1 is 1.43 bits per heavy atom. The molecule has 1 aliphatic rings. The van der Waals surface area contributed by atoms with Gasteiger partial charge < -0.3 is 4.74 Å². The van der Waals surface area contributed by atoms with E-state index in [-0.39, 0.29) is 11.0 Å². The van der Waals surface area contributed by atoms with Gasteiger partial charge in [0.25, 0.3) is 0 Å². The molecule has 0 aliphatic carbocycles. The maximum absolute atomic E-state index is 5.77. The number of ether oxygens (including phenoxy) is 1. The lowest BCUT2D eigenvalue weighted by molar-refractivity contribution is 0.135. The highest BCUT2D eigenvalue weighted by molar-refractivity contribution is 5.24. The summed E-state index contributed by atoms with van der Waals surface area (Å²) in [7, 11) is 0. The first-order chi connectivity index (χ1) is 6.28. The van der Waals surface area contributed by atoms with Gasteiger partial charge in [0.15, 0.2) is 0 Å². The van der Waals surface area contributed by atoms with E-state index in [0.717, 1.165) is 18.1 Å². The third-order valence-electron chi connectivity index (χ3n) is 2.42. The van der Waals surface area contributed by atoms with Crippen LogP contribution >= 0.6 is 0 Å². The maximum atomic E-state index is 5.77. The molecule has 0 N–H and O–H groups in total. The summed E-state index contributed by atoms with van der Waals surface area (Å²) >= 11 is 0. The van der Waals surface area contributed by atoms with Crippen molar-refractivity contribution >= 4 is 0 Å². The molecule has 3 nitrogen and oxygen atoms in total. The molecular weight excluding hydrogens is 176 g/mol. The summed E-state index contributed by atoms with van der Waals surface area (Å²) in [4.78, 5) is 0. The first-order valence-corrected chi connectivity index (χ1v) is 5.05. The van der Waals surface area contributed by atoms with Crippen molar-refractivity contribution in [1.29, 1.82) is 0 Å². The zero-order chi connectivity index (χ0) is 10.6. The Labute approximate surface area is 85.1 Å². The van der Waals surface area contributed by atoms with Gasteiger partial charge in [-0.05, 0) is 13.8 Å². The molecule has 0 unspecified atom stereocenters. The van der Waals surface area contributed by atoms with Crippen LogP contribution < -0.4 is 4.74 Å². The Balaban J connectivity index is 2.32. The van der Waals surface area contributed by atoms with Gasteiger partial charge in [-0.2, -0.15) is 5.10 Å². The second-order valence-corrected chi connectivity index (χ2v) is 5.64. The van der Waals surface area contributed by atoms with Crippen LogP contribution in [0.15, 0.2) is 6.07 Å². The molecule has 0 saturated carbocycles. The normalized spacial score (nSPS) is 19.2. The van der Waals surface area contributed by atoms with Crippen LogP contribution in [0, 0.1) is 0 Å². The molecular formula is C11H18N2O. The fourth-order valence-corrected chi connectivity index (χ4v) is 1.64. The molecule has 0 aromatic carbocycles. The van der Waals surface area contributed by atoms with Crippen LogP contribution in [0.25, 0.3) is 0 Å². The lowest BCUT2D eigenvalue weighted by Gasteiger charge is -2.18. The lowest BCUT2D eigenvalue weighted by atomic mass is 9.93. The number of hydrogen-bond donors (Lipinski definition) is 0. The van der Waals surface area contributed by atoms with E-state index in [0.29, 0.717) is 0 Å². The molecule has 0 fully saturated rings. The van der Waals surface area contributed by atoms with E-state index in [2.05, 4.69) is 45.8 Å². The quantitative estimate of drug-likeness (QED) is 0.634. The minimum Gasteiger partial charge on any atom is -0.470 e. The summed E-state index contributed by atoms with van der Waals surface area (Å²) < 4.78 is 7.73. The van der Waals surface area contributed by atoms with Crippen molar-refractivity contribution in [2.75, 3.05) is 0 Å². The predicted octanol–water partition coefficient (Wildman–Crippen LogP) is 2.35. The van der Waals surface area contributed by atoms with Crippen LogP contribution in [0.3, 0.4) is 0 Å². The smallest absolute Gasteiger partial charge is 0.212 e. The van der Waals surface area contributed by atoms with Crippen molar-refractivity contribution in [3.05, 3.63) is 11.8 Å². The number of rotatable bonds is 0. The number of hydrogen-bond acceptors (Lipinski definition) is 2. The highest BCUT2D eigenvalue weighted by atomic mass is 16.5. The van der Waals surface area contributed by atoms with E-state index < -0.39 is 0 Å². The molecule has 2 rings (SSSR count). The maximum Gasteiger partial charge on any atom is 0.212 e. The summed E-state index contributed by atoms with van der Waals surface area (Å²) in [5.74, 6) is 0.903. The minimum absolute atomic E-state index is 0.0985. The molecule has 14 heavy (non-hydrogen) atoms. The van der Waals surface area contributed by atoms with Gasteiger partial charge in [0.2, 0.25) is 5.88 Å². The minimum atomic E-state index is -0.0985. The van der Waals surface area contributed by atoms with Crippen molar-refractivity contribution < 1.29 is 4.74 Å². The van der Waals surface area contributed by atoms with Crippen LogP contribution in [0.5, 0.6) is 5.88 Å². The zero-order valence-corrected chi connectivity index (χ0v) is 9.59.